The van der Waals surface area contributed by atoms with Crippen LogP contribution in [0.15, 0.2) is 48.0 Å². The topological polar surface area (TPSA) is 68.9 Å². The molecule has 0 atom stereocenters. The van der Waals surface area contributed by atoms with Gasteiger partial charge in [-0.1, -0.05) is 29.5 Å². The number of carbonyl (C=O) groups is 1. The summed E-state index contributed by atoms with van der Waals surface area (Å²) in [6, 6.07) is 5.81. The number of nitrogens with zero attached hydrogens (tertiary/aromatic N) is 3. The Morgan fingerprint density at radius 3 is 2.92 bits per heavy atom. The van der Waals surface area contributed by atoms with Crippen molar-refractivity contribution < 1.29 is 9.18 Å². The molecule has 3 aromatic rings. The van der Waals surface area contributed by atoms with Crippen molar-refractivity contribution in [3.8, 4) is 0 Å². The van der Waals surface area contributed by atoms with E-state index >= 15 is 0 Å². The first-order valence-electron chi connectivity index (χ1n) is 7.25. The van der Waals surface area contributed by atoms with Crippen molar-refractivity contribution >= 4 is 45.5 Å². The minimum Gasteiger partial charge on any atom is -0.322 e. The summed E-state index contributed by atoms with van der Waals surface area (Å²) >= 11 is 6.37. The number of fused-ring (bicyclic) bond motifs is 1. The van der Waals surface area contributed by atoms with Crippen LogP contribution in [-0.2, 0) is 17.9 Å². The number of benzene rings is 1. The quantitative estimate of drug-likeness (QED) is 0.549. The summed E-state index contributed by atoms with van der Waals surface area (Å²) in [4.78, 5) is 28.9. The van der Waals surface area contributed by atoms with E-state index in [4.69, 9.17) is 12.2 Å². The predicted octanol–water partition coefficient (Wildman–Crippen LogP) is 2.95. The lowest BCUT2D eigenvalue weighted by atomic mass is 10.3. The maximum Gasteiger partial charge on any atom is 0.273 e. The molecular formula is C16H13FN4O2S2. The normalized spacial score (nSPS) is 10.8. The van der Waals surface area contributed by atoms with E-state index in [-0.39, 0.29) is 17.8 Å². The molecule has 9 heteroatoms. The Morgan fingerprint density at radius 1 is 1.44 bits per heavy atom. The average Bonchev–Trinajstić information content (AvgIpc) is 2.90. The van der Waals surface area contributed by atoms with Crippen molar-refractivity contribution in [3.63, 3.8) is 0 Å². The van der Waals surface area contributed by atoms with Crippen LogP contribution in [-0.4, -0.2) is 20.0 Å². The van der Waals surface area contributed by atoms with E-state index in [1.807, 2.05) is 0 Å². The van der Waals surface area contributed by atoms with E-state index < -0.39 is 11.7 Å². The highest BCUT2D eigenvalue weighted by atomic mass is 32.1. The molecule has 6 nitrogen and oxygen atoms in total. The molecule has 0 unspecified atom stereocenters. The number of hydrogen-bond donors (Lipinski definition) is 1. The lowest BCUT2D eigenvalue weighted by Crippen LogP contribution is -2.28. The van der Waals surface area contributed by atoms with Gasteiger partial charge in [-0.25, -0.2) is 9.37 Å². The molecule has 2 aromatic heterocycles. The molecule has 0 aliphatic carbocycles. The molecule has 25 heavy (non-hydrogen) atoms. The van der Waals surface area contributed by atoms with Crippen molar-refractivity contribution in [2.24, 2.45) is 0 Å². The molecule has 0 aliphatic rings. The van der Waals surface area contributed by atoms with Gasteiger partial charge in [0.1, 0.15) is 23.4 Å². The molecule has 0 saturated heterocycles. The van der Waals surface area contributed by atoms with E-state index in [1.54, 1.807) is 16.7 Å². The summed E-state index contributed by atoms with van der Waals surface area (Å²) in [6.07, 6.45) is 2.95. The van der Waals surface area contributed by atoms with Crippen molar-refractivity contribution in [1.82, 2.24) is 14.1 Å². The fourth-order valence-electron chi connectivity index (χ4n) is 2.28. The Morgan fingerprint density at radius 2 is 2.20 bits per heavy atom. The zero-order chi connectivity index (χ0) is 18.0. The first kappa shape index (κ1) is 17.2. The number of halogens is 1. The largest absolute Gasteiger partial charge is 0.322 e. The maximum absolute atomic E-state index is 13.6. The maximum atomic E-state index is 13.6. The van der Waals surface area contributed by atoms with Crippen LogP contribution < -0.4 is 10.9 Å². The van der Waals surface area contributed by atoms with Gasteiger partial charge >= 0.3 is 0 Å². The summed E-state index contributed by atoms with van der Waals surface area (Å²) in [6.45, 7) is 3.82. The first-order valence-corrected chi connectivity index (χ1v) is 8.48. The molecule has 2 heterocycles. The van der Waals surface area contributed by atoms with Crippen LogP contribution >= 0.6 is 23.6 Å². The molecule has 0 radical (unpaired) electrons. The van der Waals surface area contributed by atoms with Crippen molar-refractivity contribution in [3.05, 3.63) is 63.4 Å². The van der Waals surface area contributed by atoms with Crippen LogP contribution in [0.5, 0.6) is 0 Å². The molecule has 0 spiro atoms. The van der Waals surface area contributed by atoms with Gasteiger partial charge < -0.3 is 9.88 Å². The Labute approximate surface area is 150 Å². The fraction of sp³-hybridized carbons (Fsp3) is 0.125. The van der Waals surface area contributed by atoms with Crippen LogP contribution in [0.1, 0.15) is 0 Å². The monoisotopic (exact) mass is 376 g/mol. The Hall–Kier alpha value is -2.65. The second-order valence-electron chi connectivity index (χ2n) is 5.13. The van der Waals surface area contributed by atoms with Gasteiger partial charge in [0.25, 0.3) is 5.56 Å². The van der Waals surface area contributed by atoms with E-state index in [1.165, 1.54) is 29.1 Å². The summed E-state index contributed by atoms with van der Waals surface area (Å²) in [7, 11) is 0. The highest BCUT2D eigenvalue weighted by Gasteiger charge is 2.14. The summed E-state index contributed by atoms with van der Waals surface area (Å²) in [5.74, 6) is -1.07. The zero-order valence-corrected chi connectivity index (χ0v) is 14.6. The number of rotatable bonds is 5. The molecule has 1 aromatic carbocycles. The lowest BCUT2D eigenvalue weighted by molar-refractivity contribution is -0.116. The average molecular weight is 376 g/mol. The van der Waals surface area contributed by atoms with Gasteiger partial charge in [0.2, 0.25) is 5.91 Å². The van der Waals surface area contributed by atoms with Crippen LogP contribution in [0.25, 0.3) is 10.3 Å². The summed E-state index contributed by atoms with van der Waals surface area (Å²) in [5, 5.41) is 2.43. The second-order valence-corrected chi connectivity index (χ2v) is 6.77. The number of hydrogen-bond acceptors (Lipinski definition) is 5. The zero-order valence-electron chi connectivity index (χ0n) is 12.9. The van der Waals surface area contributed by atoms with Gasteiger partial charge in [0, 0.05) is 6.54 Å². The SMILES string of the molecule is C=CCn1c(=S)sc2c(=O)n(CC(=O)Nc3ccccc3F)cnc21. The lowest BCUT2D eigenvalue weighted by Gasteiger charge is -2.08. The van der Waals surface area contributed by atoms with Gasteiger partial charge in [-0.2, -0.15) is 0 Å². The predicted molar refractivity (Wildman–Crippen MR) is 97.9 cm³/mol. The number of aromatic nitrogens is 3. The van der Waals surface area contributed by atoms with Crippen molar-refractivity contribution in [2.75, 3.05) is 5.32 Å². The minimum atomic E-state index is -0.545. The molecule has 0 aliphatic heterocycles. The molecule has 0 bridgehead atoms. The standard InChI is InChI=1S/C16H13FN4O2S2/c1-2-7-21-14-13(25-16(21)24)15(23)20(9-18-14)8-12(22)19-11-6-4-3-5-10(11)17/h2-6,9H,1,7-8H2,(H,19,22). The van der Waals surface area contributed by atoms with Crippen LogP contribution in [0, 0.1) is 9.77 Å². The van der Waals surface area contributed by atoms with Gasteiger partial charge in [-0.3, -0.25) is 14.2 Å². The second kappa shape index (κ2) is 7.08. The van der Waals surface area contributed by atoms with Crippen molar-refractivity contribution in [2.45, 2.75) is 13.1 Å². The van der Waals surface area contributed by atoms with Gasteiger partial charge in [-0.05, 0) is 24.4 Å². The van der Waals surface area contributed by atoms with E-state index in [0.717, 1.165) is 11.3 Å². The molecule has 128 valence electrons. The van der Waals surface area contributed by atoms with Gasteiger partial charge in [0.15, 0.2) is 9.60 Å². The van der Waals surface area contributed by atoms with Gasteiger partial charge in [0.05, 0.1) is 5.69 Å². The Balaban J connectivity index is 1.89. The van der Waals surface area contributed by atoms with E-state index in [0.29, 0.717) is 20.8 Å². The molecule has 3 rings (SSSR count). The molecule has 0 saturated carbocycles. The minimum absolute atomic E-state index is 0.0578. The fourth-order valence-corrected chi connectivity index (χ4v) is 3.60. The first-order chi connectivity index (χ1) is 12.0. The molecule has 1 amide bonds. The smallest absolute Gasteiger partial charge is 0.273 e. The van der Waals surface area contributed by atoms with Crippen LogP contribution in [0.2, 0.25) is 0 Å². The number of allylic oxidation sites excluding steroid dienone is 1. The van der Waals surface area contributed by atoms with E-state index in [2.05, 4.69) is 16.9 Å². The van der Waals surface area contributed by atoms with E-state index in [9.17, 15) is 14.0 Å². The number of carbonyl (C=O) groups excluding carboxylic acids is 1. The number of thiazole rings is 1. The number of amides is 1. The third-order valence-corrected chi connectivity index (χ3v) is 4.84. The van der Waals surface area contributed by atoms with Crippen molar-refractivity contribution in [1.29, 1.82) is 0 Å². The summed E-state index contributed by atoms with van der Waals surface area (Å²) in [5.41, 5.74) is 0.153. The van der Waals surface area contributed by atoms with Gasteiger partial charge in [-0.15, -0.1) is 6.58 Å². The summed E-state index contributed by atoms with van der Waals surface area (Å²) < 4.78 is 17.3. The highest BCUT2D eigenvalue weighted by Crippen LogP contribution is 2.18. The number of anilines is 1. The third kappa shape index (κ3) is 3.42. The third-order valence-electron chi connectivity index (χ3n) is 3.42. The van der Waals surface area contributed by atoms with Crippen LogP contribution in [0.4, 0.5) is 10.1 Å². The number of para-hydroxylation sites is 1. The van der Waals surface area contributed by atoms with Crippen LogP contribution in [0.3, 0.4) is 0 Å². The molecule has 1 N–H and O–H groups in total. The molecular weight excluding hydrogens is 363 g/mol. The Kier molecular flexibility index (Phi) is 4.86. The molecule has 0 fully saturated rings. The highest BCUT2D eigenvalue weighted by molar-refractivity contribution is 7.73. The number of nitrogens with one attached hydrogen (secondary N) is 1. The Bertz CT molecular complexity index is 1080.